The average Bonchev–Trinajstić information content (AvgIpc) is 3.65. The van der Waals surface area contributed by atoms with E-state index in [1.807, 2.05) is 30.7 Å². The Hall–Kier alpha value is -3.46. The van der Waals surface area contributed by atoms with Gasteiger partial charge in [0, 0.05) is 45.0 Å². The SMILES string of the molecule is CN1CCN(c2nc(NCc3ccc(-c4ccco4)nc3)c3ncn(C4CCCC4)c3n2)CC1. The molecule has 0 unspecified atom stereocenters. The van der Waals surface area contributed by atoms with Gasteiger partial charge < -0.3 is 24.1 Å². The van der Waals surface area contributed by atoms with Gasteiger partial charge in [0.25, 0.3) is 0 Å². The third-order valence-corrected chi connectivity index (χ3v) is 6.97. The molecule has 9 heteroatoms. The molecule has 1 saturated heterocycles. The number of furan rings is 1. The Morgan fingerprint density at radius 2 is 1.88 bits per heavy atom. The van der Waals surface area contributed by atoms with E-state index in [0.717, 1.165) is 66.1 Å². The van der Waals surface area contributed by atoms with Crippen molar-refractivity contribution in [3.63, 3.8) is 0 Å². The number of fused-ring (bicyclic) bond motifs is 1. The maximum absolute atomic E-state index is 5.45. The molecule has 1 saturated carbocycles. The molecule has 9 nitrogen and oxygen atoms in total. The van der Waals surface area contributed by atoms with E-state index in [9.17, 15) is 0 Å². The van der Waals surface area contributed by atoms with E-state index in [1.54, 1.807) is 6.26 Å². The molecule has 0 aromatic carbocycles. The number of hydrogen-bond donors (Lipinski definition) is 1. The summed E-state index contributed by atoms with van der Waals surface area (Å²) in [5.41, 5.74) is 3.67. The molecule has 2 aliphatic rings. The van der Waals surface area contributed by atoms with E-state index in [-0.39, 0.29) is 0 Å². The van der Waals surface area contributed by atoms with Gasteiger partial charge in [0.1, 0.15) is 5.69 Å². The number of anilines is 2. The fraction of sp³-hybridized carbons (Fsp3) is 0.440. The van der Waals surface area contributed by atoms with Crippen molar-refractivity contribution in [2.45, 2.75) is 38.3 Å². The molecule has 0 spiro atoms. The number of nitrogens with one attached hydrogen (secondary N) is 1. The van der Waals surface area contributed by atoms with Crippen LogP contribution in [0.3, 0.4) is 0 Å². The summed E-state index contributed by atoms with van der Waals surface area (Å²) in [6.45, 7) is 4.49. The lowest BCUT2D eigenvalue weighted by molar-refractivity contribution is 0.311. The van der Waals surface area contributed by atoms with Crippen LogP contribution in [0.25, 0.3) is 22.6 Å². The molecular weight excluding hydrogens is 428 g/mol. The summed E-state index contributed by atoms with van der Waals surface area (Å²) >= 11 is 0. The number of rotatable bonds is 6. The number of imidazole rings is 1. The number of nitrogens with zero attached hydrogens (tertiary/aromatic N) is 7. The van der Waals surface area contributed by atoms with Gasteiger partial charge in [-0.05, 0) is 43.7 Å². The predicted molar refractivity (Wildman–Crippen MR) is 132 cm³/mol. The van der Waals surface area contributed by atoms with E-state index in [1.165, 1.54) is 25.7 Å². The Morgan fingerprint density at radius 1 is 1.03 bits per heavy atom. The fourth-order valence-electron chi connectivity index (χ4n) is 4.91. The molecule has 1 aliphatic carbocycles. The first kappa shape index (κ1) is 21.1. The van der Waals surface area contributed by atoms with Crippen molar-refractivity contribution in [3.05, 3.63) is 48.6 Å². The highest BCUT2D eigenvalue weighted by molar-refractivity contribution is 5.84. The van der Waals surface area contributed by atoms with Gasteiger partial charge in [-0.3, -0.25) is 4.98 Å². The zero-order chi connectivity index (χ0) is 22.9. The van der Waals surface area contributed by atoms with Crippen molar-refractivity contribution in [1.29, 1.82) is 0 Å². The Kier molecular flexibility index (Phi) is 5.62. The van der Waals surface area contributed by atoms with Crippen molar-refractivity contribution in [2.75, 3.05) is 43.4 Å². The molecule has 2 fully saturated rings. The second kappa shape index (κ2) is 9.06. The van der Waals surface area contributed by atoms with Crippen molar-refractivity contribution in [1.82, 2.24) is 29.4 Å². The van der Waals surface area contributed by atoms with E-state index in [4.69, 9.17) is 19.4 Å². The van der Waals surface area contributed by atoms with Gasteiger partial charge >= 0.3 is 0 Å². The molecule has 0 bridgehead atoms. The Morgan fingerprint density at radius 3 is 2.62 bits per heavy atom. The van der Waals surface area contributed by atoms with Gasteiger partial charge in [-0.1, -0.05) is 18.9 Å². The Labute approximate surface area is 198 Å². The summed E-state index contributed by atoms with van der Waals surface area (Å²) in [6.07, 6.45) is 10.4. The van der Waals surface area contributed by atoms with Gasteiger partial charge in [0.2, 0.25) is 5.95 Å². The molecule has 0 atom stereocenters. The van der Waals surface area contributed by atoms with Crippen LogP contribution in [0.5, 0.6) is 0 Å². The van der Waals surface area contributed by atoms with Crippen LogP contribution in [-0.4, -0.2) is 62.6 Å². The molecule has 5 heterocycles. The zero-order valence-electron chi connectivity index (χ0n) is 19.5. The lowest BCUT2D eigenvalue weighted by Crippen LogP contribution is -2.45. The average molecular weight is 459 g/mol. The maximum Gasteiger partial charge on any atom is 0.229 e. The summed E-state index contributed by atoms with van der Waals surface area (Å²) in [6, 6.07) is 8.31. The van der Waals surface area contributed by atoms with Crippen molar-refractivity contribution < 1.29 is 4.42 Å². The van der Waals surface area contributed by atoms with Crippen molar-refractivity contribution >= 4 is 22.9 Å². The largest absolute Gasteiger partial charge is 0.463 e. The highest BCUT2D eigenvalue weighted by Gasteiger charge is 2.24. The lowest BCUT2D eigenvalue weighted by Gasteiger charge is -2.32. The van der Waals surface area contributed by atoms with Crippen LogP contribution in [0.1, 0.15) is 37.3 Å². The van der Waals surface area contributed by atoms with Gasteiger partial charge in [0.05, 0.1) is 12.6 Å². The van der Waals surface area contributed by atoms with Crippen LogP contribution in [0.15, 0.2) is 47.5 Å². The van der Waals surface area contributed by atoms with Gasteiger partial charge in [-0.25, -0.2) is 4.98 Å². The van der Waals surface area contributed by atoms with Gasteiger partial charge in [-0.2, -0.15) is 9.97 Å². The minimum Gasteiger partial charge on any atom is -0.463 e. The molecule has 1 aliphatic heterocycles. The van der Waals surface area contributed by atoms with E-state index in [2.05, 4.69) is 37.8 Å². The first-order valence-electron chi connectivity index (χ1n) is 12.2. The molecular formula is C25H30N8O. The summed E-state index contributed by atoms with van der Waals surface area (Å²) in [5.74, 6) is 2.34. The number of aromatic nitrogens is 5. The molecule has 0 amide bonds. The van der Waals surface area contributed by atoms with Gasteiger partial charge in [-0.15, -0.1) is 0 Å². The third-order valence-electron chi connectivity index (χ3n) is 6.97. The first-order valence-corrected chi connectivity index (χ1v) is 12.2. The fourth-order valence-corrected chi connectivity index (χ4v) is 4.91. The molecule has 0 radical (unpaired) electrons. The van der Waals surface area contributed by atoms with E-state index in [0.29, 0.717) is 12.6 Å². The number of pyridine rings is 1. The first-order chi connectivity index (χ1) is 16.7. The van der Waals surface area contributed by atoms with Crippen LogP contribution >= 0.6 is 0 Å². The van der Waals surface area contributed by atoms with Crippen LogP contribution in [0.4, 0.5) is 11.8 Å². The minimum absolute atomic E-state index is 0.478. The highest BCUT2D eigenvalue weighted by Crippen LogP contribution is 2.33. The Balaban J connectivity index is 1.29. The minimum atomic E-state index is 0.478. The molecule has 34 heavy (non-hydrogen) atoms. The van der Waals surface area contributed by atoms with E-state index >= 15 is 0 Å². The monoisotopic (exact) mass is 458 g/mol. The summed E-state index contributed by atoms with van der Waals surface area (Å²) in [5, 5.41) is 3.52. The Bertz CT molecular complexity index is 1240. The standard InChI is InChI=1S/C25H30N8O/c1-31-10-12-32(13-11-31)25-29-23(22-24(30-25)33(17-28-22)19-5-2-3-6-19)27-16-18-8-9-20(26-15-18)21-7-4-14-34-21/h4,7-9,14-15,17,19H,2-3,5-6,10-13,16H2,1H3,(H,27,29,30). The summed E-state index contributed by atoms with van der Waals surface area (Å²) in [4.78, 5) is 23.9. The number of piperazine rings is 1. The van der Waals surface area contributed by atoms with E-state index < -0.39 is 0 Å². The van der Waals surface area contributed by atoms with Crippen LogP contribution < -0.4 is 10.2 Å². The van der Waals surface area contributed by atoms with Crippen LogP contribution in [0.2, 0.25) is 0 Å². The van der Waals surface area contributed by atoms with Crippen molar-refractivity contribution in [2.24, 2.45) is 0 Å². The lowest BCUT2D eigenvalue weighted by atomic mass is 10.2. The molecule has 4 aromatic heterocycles. The molecule has 1 N–H and O–H groups in total. The number of hydrogen-bond acceptors (Lipinski definition) is 8. The second-order valence-corrected chi connectivity index (χ2v) is 9.31. The smallest absolute Gasteiger partial charge is 0.229 e. The zero-order valence-corrected chi connectivity index (χ0v) is 19.5. The van der Waals surface area contributed by atoms with Crippen LogP contribution in [-0.2, 0) is 6.54 Å². The maximum atomic E-state index is 5.45. The van der Waals surface area contributed by atoms with Crippen molar-refractivity contribution in [3.8, 4) is 11.5 Å². The topological polar surface area (TPSA) is 88.1 Å². The molecule has 6 rings (SSSR count). The highest BCUT2D eigenvalue weighted by atomic mass is 16.3. The molecule has 176 valence electrons. The predicted octanol–water partition coefficient (Wildman–Crippen LogP) is 3.96. The van der Waals surface area contributed by atoms with Crippen LogP contribution in [0, 0.1) is 0 Å². The number of likely N-dealkylation sites (N-methyl/N-ethyl adjacent to an activating group) is 1. The normalized spacial score (nSPS) is 17.6. The summed E-state index contributed by atoms with van der Waals surface area (Å²) in [7, 11) is 2.16. The second-order valence-electron chi connectivity index (χ2n) is 9.31. The summed E-state index contributed by atoms with van der Waals surface area (Å²) < 4.78 is 7.72. The van der Waals surface area contributed by atoms with Gasteiger partial charge in [0.15, 0.2) is 22.7 Å². The quantitative estimate of drug-likeness (QED) is 0.465. The molecule has 4 aromatic rings. The third kappa shape index (κ3) is 4.11.